The summed E-state index contributed by atoms with van der Waals surface area (Å²) in [6, 6.07) is 12.0. The summed E-state index contributed by atoms with van der Waals surface area (Å²) in [6.45, 7) is 1.75. The highest BCUT2D eigenvalue weighted by Gasteiger charge is 2.17. The van der Waals surface area contributed by atoms with E-state index < -0.39 is 0 Å². The fraction of sp³-hybridized carbons (Fsp3) is 0.333. The van der Waals surface area contributed by atoms with Crippen molar-refractivity contribution in [1.82, 2.24) is 0 Å². The fourth-order valence-electron chi connectivity index (χ4n) is 2.33. The second kappa shape index (κ2) is 8.59. The quantitative estimate of drug-likeness (QED) is 0.268. The van der Waals surface area contributed by atoms with E-state index in [1.165, 1.54) is 7.11 Å². The summed E-state index contributed by atoms with van der Waals surface area (Å²) < 4.78 is 9.92. The molecule has 128 valence electrons. The zero-order chi connectivity index (χ0) is 17.5. The molecule has 24 heavy (non-hydrogen) atoms. The molecule has 0 fully saturated rings. The minimum atomic E-state index is -0.267. The van der Waals surface area contributed by atoms with Gasteiger partial charge in [-0.05, 0) is 48.4 Å². The zero-order valence-corrected chi connectivity index (χ0v) is 14.8. The van der Waals surface area contributed by atoms with Crippen molar-refractivity contribution in [2.24, 2.45) is 5.16 Å². The lowest BCUT2D eigenvalue weighted by atomic mass is 10.1. The van der Waals surface area contributed by atoms with Crippen LogP contribution in [0.1, 0.15) is 19.8 Å². The SMILES string of the molecule is COC(=O)CCC(Sc1ccc2cc(OC)ccc2c1)C(C)=NO. The lowest BCUT2D eigenvalue weighted by Gasteiger charge is -2.15. The van der Waals surface area contributed by atoms with Crippen LogP contribution in [0, 0.1) is 0 Å². The molecule has 0 radical (unpaired) electrons. The van der Waals surface area contributed by atoms with Gasteiger partial charge in [0.25, 0.3) is 0 Å². The van der Waals surface area contributed by atoms with Gasteiger partial charge in [-0.3, -0.25) is 4.79 Å². The van der Waals surface area contributed by atoms with Gasteiger partial charge in [-0.25, -0.2) is 0 Å². The van der Waals surface area contributed by atoms with Crippen LogP contribution in [0.25, 0.3) is 10.8 Å². The summed E-state index contributed by atoms with van der Waals surface area (Å²) in [6.07, 6.45) is 0.833. The van der Waals surface area contributed by atoms with E-state index in [-0.39, 0.29) is 17.6 Å². The lowest BCUT2D eigenvalue weighted by molar-refractivity contribution is -0.140. The van der Waals surface area contributed by atoms with Gasteiger partial charge in [0.05, 0.1) is 25.2 Å². The number of hydrogen-bond acceptors (Lipinski definition) is 6. The fourth-order valence-corrected chi connectivity index (χ4v) is 3.46. The first-order chi connectivity index (χ1) is 11.6. The van der Waals surface area contributed by atoms with Gasteiger partial charge < -0.3 is 14.7 Å². The first-order valence-corrected chi connectivity index (χ1v) is 8.45. The number of esters is 1. The molecule has 0 saturated heterocycles. The molecule has 5 nitrogen and oxygen atoms in total. The molecule has 0 aliphatic rings. The smallest absolute Gasteiger partial charge is 0.305 e. The third-order valence-electron chi connectivity index (χ3n) is 3.76. The number of benzene rings is 2. The maximum atomic E-state index is 11.4. The molecule has 0 aliphatic heterocycles. The van der Waals surface area contributed by atoms with Gasteiger partial charge in [0, 0.05) is 11.3 Å². The Bertz CT molecular complexity index is 745. The van der Waals surface area contributed by atoms with Crippen molar-refractivity contribution in [3.63, 3.8) is 0 Å². The van der Waals surface area contributed by atoms with Crippen molar-refractivity contribution in [3.05, 3.63) is 36.4 Å². The summed E-state index contributed by atoms with van der Waals surface area (Å²) in [5, 5.41) is 14.5. The Morgan fingerprint density at radius 2 is 1.92 bits per heavy atom. The number of thioether (sulfide) groups is 1. The second-order valence-corrected chi connectivity index (χ2v) is 6.61. The van der Waals surface area contributed by atoms with Crippen LogP contribution in [-0.2, 0) is 9.53 Å². The average molecular weight is 347 g/mol. The molecule has 1 unspecified atom stereocenters. The largest absolute Gasteiger partial charge is 0.497 e. The molecule has 0 aromatic heterocycles. The van der Waals surface area contributed by atoms with Crippen LogP contribution in [0.15, 0.2) is 46.4 Å². The molecule has 0 heterocycles. The number of carbonyl (C=O) groups excluding carboxylic acids is 1. The summed E-state index contributed by atoms with van der Waals surface area (Å²) in [7, 11) is 3.02. The summed E-state index contributed by atoms with van der Waals surface area (Å²) >= 11 is 1.57. The predicted octanol–water partition coefficient (Wildman–Crippen LogP) is 4.11. The number of ether oxygens (including phenoxy) is 2. The van der Waals surface area contributed by atoms with Crippen LogP contribution in [0.2, 0.25) is 0 Å². The number of carbonyl (C=O) groups is 1. The van der Waals surface area contributed by atoms with E-state index in [0.29, 0.717) is 12.1 Å². The second-order valence-electron chi connectivity index (χ2n) is 5.34. The highest BCUT2D eigenvalue weighted by atomic mass is 32.2. The molecule has 2 rings (SSSR count). The van der Waals surface area contributed by atoms with Crippen LogP contribution >= 0.6 is 11.8 Å². The zero-order valence-electron chi connectivity index (χ0n) is 14.0. The van der Waals surface area contributed by atoms with E-state index in [4.69, 9.17) is 9.94 Å². The lowest BCUT2D eigenvalue weighted by Crippen LogP contribution is -2.16. The number of fused-ring (bicyclic) bond motifs is 1. The van der Waals surface area contributed by atoms with E-state index in [2.05, 4.69) is 16.0 Å². The van der Waals surface area contributed by atoms with Crippen molar-refractivity contribution in [2.45, 2.75) is 29.9 Å². The van der Waals surface area contributed by atoms with Crippen molar-refractivity contribution in [2.75, 3.05) is 14.2 Å². The highest BCUT2D eigenvalue weighted by molar-refractivity contribution is 8.00. The molecular weight excluding hydrogens is 326 g/mol. The maximum Gasteiger partial charge on any atom is 0.305 e. The van der Waals surface area contributed by atoms with Crippen LogP contribution in [-0.4, -0.2) is 36.4 Å². The topological polar surface area (TPSA) is 68.1 Å². The van der Waals surface area contributed by atoms with Gasteiger partial charge in [0.15, 0.2) is 0 Å². The monoisotopic (exact) mass is 347 g/mol. The summed E-state index contributed by atoms with van der Waals surface area (Å²) in [5.41, 5.74) is 0.582. The van der Waals surface area contributed by atoms with E-state index >= 15 is 0 Å². The Kier molecular flexibility index (Phi) is 6.49. The molecule has 0 amide bonds. The maximum absolute atomic E-state index is 11.4. The first kappa shape index (κ1) is 18.1. The number of methoxy groups -OCH3 is 2. The number of oxime groups is 1. The van der Waals surface area contributed by atoms with E-state index in [0.717, 1.165) is 21.4 Å². The van der Waals surface area contributed by atoms with Gasteiger partial charge in [-0.15, -0.1) is 11.8 Å². The first-order valence-electron chi connectivity index (χ1n) is 7.57. The van der Waals surface area contributed by atoms with Gasteiger partial charge >= 0.3 is 5.97 Å². The molecular formula is C18H21NO4S. The molecule has 6 heteroatoms. The molecule has 0 bridgehead atoms. The van der Waals surface area contributed by atoms with Crippen LogP contribution < -0.4 is 4.74 Å². The Hall–Kier alpha value is -2.21. The van der Waals surface area contributed by atoms with Crippen molar-refractivity contribution in [1.29, 1.82) is 0 Å². The Balaban J connectivity index is 2.18. The molecule has 0 aliphatic carbocycles. The van der Waals surface area contributed by atoms with Crippen LogP contribution in [0.5, 0.6) is 5.75 Å². The minimum absolute atomic E-state index is 0.0928. The van der Waals surface area contributed by atoms with Gasteiger partial charge in [0.1, 0.15) is 5.75 Å². The predicted molar refractivity (Wildman–Crippen MR) is 96.3 cm³/mol. The van der Waals surface area contributed by atoms with Gasteiger partial charge in [-0.1, -0.05) is 17.3 Å². The Labute approximate surface area is 145 Å². The van der Waals surface area contributed by atoms with E-state index in [1.807, 2.05) is 30.3 Å². The van der Waals surface area contributed by atoms with Crippen molar-refractivity contribution < 1.29 is 19.5 Å². The molecule has 0 saturated carbocycles. The third-order valence-corrected chi connectivity index (χ3v) is 5.15. The van der Waals surface area contributed by atoms with Crippen molar-refractivity contribution >= 4 is 34.2 Å². The van der Waals surface area contributed by atoms with Gasteiger partial charge in [-0.2, -0.15) is 0 Å². The summed E-state index contributed by atoms with van der Waals surface area (Å²) in [5.74, 6) is 0.555. The molecule has 1 N–H and O–H groups in total. The van der Waals surface area contributed by atoms with E-state index in [1.54, 1.807) is 25.8 Å². The van der Waals surface area contributed by atoms with E-state index in [9.17, 15) is 4.79 Å². The third kappa shape index (κ3) is 4.64. The minimum Gasteiger partial charge on any atom is -0.497 e. The van der Waals surface area contributed by atoms with Crippen LogP contribution in [0.4, 0.5) is 0 Å². The molecule has 2 aromatic carbocycles. The molecule has 1 atom stereocenters. The molecule has 0 spiro atoms. The Morgan fingerprint density at radius 1 is 1.21 bits per heavy atom. The highest BCUT2D eigenvalue weighted by Crippen LogP contribution is 2.31. The number of nitrogens with zero attached hydrogens (tertiary/aromatic N) is 1. The van der Waals surface area contributed by atoms with Gasteiger partial charge in [0.2, 0.25) is 0 Å². The van der Waals surface area contributed by atoms with Crippen LogP contribution in [0.3, 0.4) is 0 Å². The summed E-state index contributed by atoms with van der Waals surface area (Å²) in [4.78, 5) is 12.4. The van der Waals surface area contributed by atoms with Crippen molar-refractivity contribution in [3.8, 4) is 5.75 Å². The number of rotatable bonds is 7. The molecule has 2 aromatic rings. The standard InChI is InChI=1S/C18H21NO4S/c1-12(19-21)17(8-9-18(20)23-3)24-16-7-5-13-10-15(22-2)6-4-14(13)11-16/h4-7,10-11,17,21H,8-9H2,1-3H3. The Morgan fingerprint density at radius 3 is 2.58 bits per heavy atom. The number of hydrogen-bond donors (Lipinski definition) is 1. The average Bonchev–Trinajstić information content (AvgIpc) is 2.63. The normalized spacial score (nSPS) is 12.9.